The Morgan fingerprint density at radius 3 is 2.53 bits per heavy atom. The maximum atomic E-state index is 13.7. The van der Waals surface area contributed by atoms with Crippen LogP contribution in [0.3, 0.4) is 0 Å². The summed E-state index contributed by atoms with van der Waals surface area (Å²) in [5.41, 5.74) is 3.18. The van der Waals surface area contributed by atoms with E-state index in [2.05, 4.69) is 49.6 Å². The first-order valence-corrected chi connectivity index (χ1v) is 22.8. The van der Waals surface area contributed by atoms with Gasteiger partial charge in [0.15, 0.2) is 8.32 Å². The topological polar surface area (TPSA) is 108 Å². The average Bonchev–Trinajstić information content (AvgIpc) is 3.06. The molecule has 1 unspecified atom stereocenters. The Hall–Kier alpha value is -2.90. The highest BCUT2D eigenvalue weighted by molar-refractivity contribution is 7.87. The van der Waals surface area contributed by atoms with Gasteiger partial charge in [0, 0.05) is 44.3 Å². The van der Waals surface area contributed by atoms with Gasteiger partial charge in [-0.1, -0.05) is 50.6 Å². The molecular weight excluding hydrogens is 704 g/mol. The molecule has 5 rings (SSSR count). The predicted octanol–water partition coefficient (Wildman–Crippen LogP) is 6.80. The molecule has 1 fully saturated rings. The molecule has 51 heavy (non-hydrogen) atoms. The predicted molar refractivity (Wildman–Crippen MR) is 206 cm³/mol. The van der Waals surface area contributed by atoms with Gasteiger partial charge in [0.25, 0.3) is 5.91 Å². The molecule has 2 bridgehead atoms. The Balaban J connectivity index is 1.57. The number of amides is 2. The zero-order chi connectivity index (χ0) is 37.1. The second kappa shape index (κ2) is 16.0. The van der Waals surface area contributed by atoms with E-state index < -0.39 is 31.0 Å². The quantitative estimate of drug-likeness (QED) is 0.270. The molecule has 0 aromatic heterocycles. The van der Waals surface area contributed by atoms with Crippen LogP contribution in [0.15, 0.2) is 48.6 Å². The van der Waals surface area contributed by atoms with Crippen LogP contribution in [-0.2, 0) is 32.5 Å². The van der Waals surface area contributed by atoms with Crippen molar-refractivity contribution in [1.29, 1.82) is 0 Å². The van der Waals surface area contributed by atoms with E-state index in [9.17, 15) is 18.0 Å². The third-order valence-electron chi connectivity index (χ3n) is 11.1. The van der Waals surface area contributed by atoms with Crippen LogP contribution < -0.4 is 14.4 Å². The summed E-state index contributed by atoms with van der Waals surface area (Å²) >= 11 is 6.38. The maximum Gasteiger partial charge on any atom is 0.304 e. The Morgan fingerprint density at radius 2 is 1.84 bits per heavy atom. The van der Waals surface area contributed by atoms with E-state index in [1.807, 2.05) is 24.3 Å². The molecule has 0 radical (unpaired) electrons. The molecule has 2 aromatic rings. The van der Waals surface area contributed by atoms with Crippen LogP contribution in [0.4, 0.5) is 5.69 Å². The van der Waals surface area contributed by atoms with Crippen LogP contribution in [-0.4, -0.2) is 84.1 Å². The number of nitrogens with zero attached hydrogens (tertiary/aromatic N) is 3. The van der Waals surface area contributed by atoms with Gasteiger partial charge in [-0.3, -0.25) is 9.59 Å². The summed E-state index contributed by atoms with van der Waals surface area (Å²) in [5.74, 6) is 0.100. The van der Waals surface area contributed by atoms with Crippen molar-refractivity contribution in [3.05, 3.63) is 70.3 Å². The van der Waals surface area contributed by atoms with E-state index in [0.29, 0.717) is 29.7 Å². The number of carbonyl (C=O) groups is 2. The van der Waals surface area contributed by atoms with E-state index in [4.69, 9.17) is 20.8 Å². The first-order chi connectivity index (χ1) is 23.9. The Morgan fingerprint density at radius 1 is 1.08 bits per heavy atom. The summed E-state index contributed by atoms with van der Waals surface area (Å²) in [6.07, 6.45) is 9.16. The molecule has 3 atom stereocenters. The summed E-state index contributed by atoms with van der Waals surface area (Å²) in [6, 6.07) is 11.0. The highest BCUT2D eigenvalue weighted by atomic mass is 35.5. The van der Waals surface area contributed by atoms with Gasteiger partial charge in [-0.2, -0.15) is 12.7 Å². The number of nitrogens with one attached hydrogen (secondary N) is 1. The van der Waals surface area contributed by atoms with Crippen molar-refractivity contribution < 1.29 is 27.2 Å². The maximum absolute atomic E-state index is 13.7. The van der Waals surface area contributed by atoms with E-state index in [0.717, 1.165) is 66.3 Å². The largest absolute Gasteiger partial charge is 0.487 e. The minimum absolute atomic E-state index is 0.0117. The monoisotopic (exact) mass is 758 g/mol. The number of carbonyl (C=O) groups excluding carboxylic acids is 2. The van der Waals surface area contributed by atoms with Crippen molar-refractivity contribution in [2.75, 3.05) is 45.2 Å². The molecule has 0 saturated heterocycles. The summed E-state index contributed by atoms with van der Waals surface area (Å²) < 4.78 is 44.3. The first-order valence-electron chi connectivity index (χ1n) is 18.1. The van der Waals surface area contributed by atoms with Crippen LogP contribution in [0.25, 0.3) is 0 Å². The van der Waals surface area contributed by atoms with Crippen molar-refractivity contribution >= 4 is 47.6 Å². The van der Waals surface area contributed by atoms with Crippen LogP contribution in [0, 0.1) is 11.8 Å². The molecule has 2 heterocycles. The molecule has 10 nitrogen and oxygen atoms in total. The minimum atomic E-state index is -4.38. The van der Waals surface area contributed by atoms with Crippen LogP contribution in [0.5, 0.6) is 5.75 Å². The lowest BCUT2D eigenvalue weighted by atomic mass is 9.70. The minimum Gasteiger partial charge on any atom is -0.487 e. The number of aryl methyl sites for hydroxylation is 1. The van der Waals surface area contributed by atoms with Gasteiger partial charge in [0.05, 0.1) is 18.3 Å². The summed E-state index contributed by atoms with van der Waals surface area (Å²) in [7, 11) is -3.39. The number of halogens is 1. The lowest BCUT2D eigenvalue weighted by Gasteiger charge is -2.47. The Labute approximate surface area is 310 Å². The molecular formula is C38H55ClN4O6SSi. The van der Waals surface area contributed by atoms with Crippen molar-refractivity contribution in [3.8, 4) is 5.75 Å². The lowest BCUT2D eigenvalue weighted by molar-refractivity contribution is -0.128. The van der Waals surface area contributed by atoms with Crippen molar-refractivity contribution in [3.63, 3.8) is 0 Å². The van der Waals surface area contributed by atoms with Gasteiger partial charge < -0.3 is 19.0 Å². The van der Waals surface area contributed by atoms with E-state index in [-0.39, 0.29) is 35.1 Å². The molecule has 2 amide bonds. The number of hydrogen-bond donors (Lipinski definition) is 1. The normalized spacial score (nSPS) is 24.0. The van der Waals surface area contributed by atoms with Crippen molar-refractivity contribution in [2.45, 2.75) is 90.1 Å². The van der Waals surface area contributed by atoms with Gasteiger partial charge in [-0.15, -0.1) is 0 Å². The zero-order valence-electron chi connectivity index (χ0n) is 31.2. The van der Waals surface area contributed by atoms with Crippen LogP contribution >= 0.6 is 11.6 Å². The SMILES string of the molecule is CN(C)C(=O)CN1CC/C=C/C(O[Si](C)(C)C(C)(C)C)[C@@H]2CC[C@H]2CN2CCCCc3cc(Cl)ccc3COc3ccc(cc32)C(=O)NS1(=O)=O. The van der Waals surface area contributed by atoms with Crippen molar-refractivity contribution in [1.82, 2.24) is 13.9 Å². The molecule has 1 N–H and O–H groups in total. The second-order valence-corrected chi connectivity index (χ2v) is 22.8. The summed E-state index contributed by atoms with van der Waals surface area (Å²) in [4.78, 5) is 30.1. The number of benzene rings is 2. The van der Waals surface area contributed by atoms with Crippen molar-refractivity contribution in [2.24, 2.45) is 11.8 Å². The zero-order valence-corrected chi connectivity index (χ0v) is 33.8. The second-order valence-electron chi connectivity index (χ2n) is 15.9. The lowest BCUT2D eigenvalue weighted by Crippen LogP contribution is -2.50. The Kier molecular flexibility index (Phi) is 12.3. The number of ether oxygens (including phenoxy) is 1. The molecule has 2 aromatic carbocycles. The molecule has 1 saturated carbocycles. The van der Waals surface area contributed by atoms with E-state index in [1.54, 1.807) is 32.3 Å². The number of hydrogen-bond acceptors (Lipinski definition) is 7. The molecule has 3 aliphatic rings. The molecule has 2 aliphatic heterocycles. The number of likely N-dealkylation sites (N-methyl/N-ethyl adjacent to an activating group) is 1. The highest BCUT2D eigenvalue weighted by Gasteiger charge is 2.44. The van der Waals surface area contributed by atoms with Gasteiger partial charge in [0.2, 0.25) is 5.91 Å². The third kappa shape index (κ3) is 9.56. The average molecular weight is 759 g/mol. The molecule has 1 aliphatic carbocycles. The van der Waals surface area contributed by atoms with Gasteiger partial charge >= 0.3 is 10.2 Å². The first kappa shape index (κ1) is 39.3. The fourth-order valence-corrected chi connectivity index (χ4v) is 9.26. The van der Waals surface area contributed by atoms with Gasteiger partial charge in [-0.05, 0) is 110 Å². The van der Waals surface area contributed by atoms with Gasteiger partial charge in [0.1, 0.15) is 12.4 Å². The summed E-state index contributed by atoms with van der Waals surface area (Å²) in [5, 5.41) is 0.710. The smallest absolute Gasteiger partial charge is 0.304 e. The number of anilines is 1. The molecule has 280 valence electrons. The Bertz CT molecular complexity index is 1730. The van der Waals surface area contributed by atoms with Crippen LogP contribution in [0.2, 0.25) is 23.2 Å². The van der Waals surface area contributed by atoms with Crippen LogP contribution in [0.1, 0.15) is 74.4 Å². The third-order valence-corrected chi connectivity index (χ3v) is 17.2. The number of rotatable bonds is 4. The molecule has 0 spiro atoms. The molecule has 13 heteroatoms. The fraction of sp³-hybridized carbons (Fsp3) is 0.579. The van der Waals surface area contributed by atoms with Gasteiger partial charge in [-0.25, -0.2) is 4.72 Å². The summed E-state index contributed by atoms with van der Waals surface area (Å²) in [6.45, 7) is 12.7. The number of fused-ring (bicyclic) bond motifs is 3. The standard InChI is InChI=1S/C38H55ClN4O6SSi/c1-38(2,3)51(6,7)49-34-13-9-11-21-43(25-36(44)41(4)5)50(46,47)40-37(45)28-16-19-35-33(23-28)42(24-29-15-18-32(29)34)20-10-8-12-27-22-31(39)17-14-30(27)26-48-35/h9,13-14,16-17,19,22-23,29,32,34H,8,10-12,15,18,20-21,24-26H2,1-7H3,(H,40,45)/b13-9+/t29-,32+,34?/m0/s1. The highest BCUT2D eigenvalue weighted by Crippen LogP contribution is 2.45. The van der Waals surface area contributed by atoms with E-state index >= 15 is 0 Å². The fourth-order valence-electron chi connectivity index (χ4n) is 6.67. The van der Waals surface area contributed by atoms with E-state index in [1.165, 1.54) is 4.90 Å².